The van der Waals surface area contributed by atoms with Crippen molar-refractivity contribution in [2.75, 3.05) is 21.2 Å². The number of fused-ring (bicyclic) bond motifs is 1. The van der Waals surface area contributed by atoms with Crippen molar-refractivity contribution in [3.63, 3.8) is 0 Å². The van der Waals surface area contributed by atoms with Crippen LogP contribution in [0.5, 0.6) is 0 Å². The number of Topliss-reactive ketones (excluding diaryl/α,β-unsaturated/α-hetero) is 1. The highest BCUT2D eigenvalue weighted by Crippen LogP contribution is 2.43. The molecule has 3 fully saturated rings. The first-order valence-electron chi connectivity index (χ1n) is 19.4. The number of aliphatic hydroxyl groups is 1. The summed E-state index contributed by atoms with van der Waals surface area (Å²) in [5.74, 6) is -3.26. The number of benzene rings is 1. The fourth-order valence-electron chi connectivity index (χ4n) is 8.93. The van der Waals surface area contributed by atoms with Gasteiger partial charge in [0.15, 0.2) is 23.5 Å². The fourth-order valence-corrected chi connectivity index (χ4v) is 8.93. The van der Waals surface area contributed by atoms with Crippen molar-refractivity contribution in [3.05, 3.63) is 42.0 Å². The van der Waals surface area contributed by atoms with Gasteiger partial charge in [-0.15, -0.1) is 5.10 Å². The van der Waals surface area contributed by atoms with Gasteiger partial charge in [0, 0.05) is 30.6 Å². The lowest BCUT2D eigenvalue weighted by Crippen LogP contribution is -2.59. The molecule has 55 heavy (non-hydrogen) atoms. The van der Waals surface area contributed by atoms with Gasteiger partial charge < -0.3 is 39.0 Å². The van der Waals surface area contributed by atoms with Crippen LogP contribution in [-0.2, 0) is 39.8 Å². The SMILES string of the molecule is CC[C@H]1OC(=O)[C@H](C)C(=O)[C@H](C)[C@@H](OC2O[C@H](C)C[C@H](N(C)C)[C@H]2O)[C@](C)(OC)C[C@@H](C)/C(=C\Cn2nnnc2-c2ccccc2)[C@H](C)[C@@H]2NC(=O)O[C@]12C. The topological polar surface area (TPSA) is 176 Å². The molecule has 3 aliphatic rings. The third-order valence-electron chi connectivity index (χ3n) is 12.2. The van der Waals surface area contributed by atoms with Crippen LogP contribution >= 0.6 is 0 Å². The average Bonchev–Trinajstić information content (AvgIpc) is 3.76. The largest absolute Gasteiger partial charge is 0.458 e. The van der Waals surface area contributed by atoms with E-state index in [-0.39, 0.29) is 24.0 Å². The molecule has 1 unspecified atom stereocenters. The molecular weight excluding hydrogens is 708 g/mol. The summed E-state index contributed by atoms with van der Waals surface area (Å²) >= 11 is 0. The van der Waals surface area contributed by atoms with E-state index in [1.165, 1.54) is 6.92 Å². The zero-order valence-electron chi connectivity index (χ0n) is 34.1. The van der Waals surface area contributed by atoms with Gasteiger partial charge in [-0.1, -0.05) is 69.7 Å². The van der Waals surface area contributed by atoms with E-state index in [2.05, 4.69) is 33.8 Å². The van der Waals surface area contributed by atoms with E-state index in [1.807, 2.05) is 77.0 Å². The maximum absolute atomic E-state index is 14.4. The number of allylic oxidation sites excluding steroid dienone is 1. The average molecular weight is 769 g/mol. The van der Waals surface area contributed by atoms with Crippen LogP contribution in [0.2, 0.25) is 0 Å². The van der Waals surface area contributed by atoms with Crippen LogP contribution < -0.4 is 5.32 Å². The van der Waals surface area contributed by atoms with Crippen LogP contribution in [0.25, 0.3) is 11.4 Å². The minimum atomic E-state index is -1.27. The number of aromatic nitrogens is 4. The first-order valence-corrected chi connectivity index (χ1v) is 19.4. The number of ether oxygens (including phenoxy) is 5. The molecule has 1 amide bonds. The quantitative estimate of drug-likeness (QED) is 0.222. The second-order valence-electron chi connectivity index (χ2n) is 16.2. The number of ketones is 1. The van der Waals surface area contributed by atoms with E-state index in [1.54, 1.807) is 25.6 Å². The van der Waals surface area contributed by atoms with E-state index in [0.717, 1.165) is 11.1 Å². The van der Waals surface area contributed by atoms with Crippen LogP contribution in [0.15, 0.2) is 42.0 Å². The van der Waals surface area contributed by atoms with Crippen molar-refractivity contribution < 1.29 is 43.2 Å². The summed E-state index contributed by atoms with van der Waals surface area (Å²) in [6.45, 7) is 15.0. The van der Waals surface area contributed by atoms with E-state index in [4.69, 9.17) is 23.7 Å². The van der Waals surface area contributed by atoms with Crippen LogP contribution in [-0.4, -0.2) is 123 Å². The van der Waals surface area contributed by atoms with Crippen LogP contribution in [0.4, 0.5) is 4.79 Å². The van der Waals surface area contributed by atoms with E-state index in [9.17, 15) is 19.5 Å². The van der Waals surface area contributed by atoms with E-state index in [0.29, 0.717) is 31.6 Å². The molecule has 0 bridgehead atoms. The number of cyclic esters (lactones) is 1. The van der Waals surface area contributed by atoms with Gasteiger partial charge in [-0.2, -0.15) is 0 Å². The lowest BCUT2D eigenvalue weighted by Gasteiger charge is -2.47. The maximum Gasteiger partial charge on any atom is 0.408 e. The third kappa shape index (κ3) is 8.65. The number of nitrogens with one attached hydrogen (secondary N) is 1. The zero-order chi connectivity index (χ0) is 40.4. The van der Waals surface area contributed by atoms with Crippen molar-refractivity contribution in [1.29, 1.82) is 0 Å². The Labute approximate surface area is 324 Å². The van der Waals surface area contributed by atoms with Crippen molar-refractivity contribution in [2.24, 2.45) is 23.7 Å². The van der Waals surface area contributed by atoms with Crippen LogP contribution in [0.1, 0.15) is 74.7 Å². The highest BCUT2D eigenvalue weighted by molar-refractivity contribution is 6.00. The fraction of sp³-hybridized carbons (Fsp3) is 0.700. The number of methoxy groups -OCH3 is 1. The number of alkyl carbamates (subject to hydrolysis) is 1. The molecule has 2 aromatic rings. The summed E-state index contributed by atoms with van der Waals surface area (Å²) in [4.78, 5) is 43.2. The summed E-state index contributed by atoms with van der Waals surface area (Å²) in [6.07, 6.45) is -1.49. The summed E-state index contributed by atoms with van der Waals surface area (Å²) in [7, 11) is 5.35. The monoisotopic (exact) mass is 768 g/mol. The molecule has 3 saturated heterocycles. The number of carbonyl (C=O) groups is 3. The van der Waals surface area contributed by atoms with Crippen molar-refractivity contribution in [2.45, 2.75) is 135 Å². The van der Waals surface area contributed by atoms with Gasteiger partial charge >= 0.3 is 12.1 Å². The molecule has 0 radical (unpaired) electrons. The molecule has 304 valence electrons. The number of hydrogen-bond acceptors (Lipinski definition) is 13. The molecule has 13 atom stereocenters. The van der Waals surface area contributed by atoms with Gasteiger partial charge in [-0.3, -0.25) is 9.59 Å². The smallest absolute Gasteiger partial charge is 0.408 e. The standard InChI is InChI=1S/C40H60N6O9/c1-12-30-40(8)33(41-38(50)55-40)24(4)28(18-19-46-35(42-43-44-46)27-16-14-13-15-17-27)22(2)21-39(7,51-11)34(25(5)31(47)26(6)36(49)53-30)54-37-32(48)29(45(9)10)20-23(3)52-37/h13-18,22-26,29-30,32-34,37,48H,12,19-21H2,1-11H3,(H,41,50)/b28-18+/t22-,23-,24+,25+,26-,29+,30-,32-,33+,34-,37?,39-,40-/m1/s1. The summed E-state index contributed by atoms with van der Waals surface area (Å²) in [5, 5.41) is 27.1. The minimum Gasteiger partial charge on any atom is -0.458 e. The van der Waals surface area contributed by atoms with Crippen molar-refractivity contribution in [3.8, 4) is 11.4 Å². The summed E-state index contributed by atoms with van der Waals surface area (Å²) in [5.41, 5.74) is -0.647. The molecule has 4 heterocycles. The van der Waals surface area contributed by atoms with Gasteiger partial charge in [0.1, 0.15) is 18.1 Å². The Kier molecular flexibility index (Phi) is 13.2. The molecule has 3 aliphatic heterocycles. The van der Waals surface area contributed by atoms with Gasteiger partial charge in [0.25, 0.3) is 0 Å². The number of tetrazole rings is 1. The molecular formula is C40H60N6O9. The Morgan fingerprint density at radius 2 is 1.76 bits per heavy atom. The van der Waals surface area contributed by atoms with Crippen molar-refractivity contribution >= 4 is 17.8 Å². The minimum absolute atomic E-state index is 0.237. The molecule has 1 aromatic heterocycles. The Morgan fingerprint density at radius 1 is 1.07 bits per heavy atom. The first-order chi connectivity index (χ1) is 25.9. The van der Waals surface area contributed by atoms with Crippen LogP contribution in [0, 0.1) is 23.7 Å². The Hall–Kier alpha value is -3.76. The van der Waals surface area contributed by atoms with Gasteiger partial charge in [0.2, 0.25) is 0 Å². The molecule has 0 aliphatic carbocycles. The number of esters is 1. The Bertz CT molecular complexity index is 1690. The van der Waals surface area contributed by atoms with Gasteiger partial charge in [-0.05, 0) is 77.4 Å². The molecule has 5 rings (SSSR count). The molecule has 1 aromatic carbocycles. The zero-order valence-corrected chi connectivity index (χ0v) is 34.1. The Balaban J connectivity index is 1.62. The van der Waals surface area contributed by atoms with E-state index >= 15 is 0 Å². The predicted molar refractivity (Wildman–Crippen MR) is 202 cm³/mol. The van der Waals surface area contributed by atoms with Gasteiger partial charge in [0.05, 0.1) is 30.4 Å². The lowest BCUT2D eigenvalue weighted by atomic mass is 9.71. The molecule has 15 heteroatoms. The highest BCUT2D eigenvalue weighted by atomic mass is 16.7. The highest BCUT2D eigenvalue weighted by Gasteiger charge is 2.56. The normalized spacial score (nSPS) is 38.6. The molecule has 0 spiro atoms. The lowest BCUT2D eigenvalue weighted by molar-refractivity contribution is -0.295. The van der Waals surface area contributed by atoms with Crippen LogP contribution in [0.3, 0.4) is 0 Å². The molecule has 0 saturated carbocycles. The van der Waals surface area contributed by atoms with Gasteiger partial charge in [-0.25, -0.2) is 9.48 Å². The second kappa shape index (κ2) is 17.2. The third-order valence-corrected chi connectivity index (χ3v) is 12.2. The number of rotatable bonds is 8. The molecule has 2 N–H and O–H groups in total. The van der Waals surface area contributed by atoms with Crippen molar-refractivity contribution in [1.82, 2.24) is 30.4 Å². The number of aliphatic hydroxyl groups excluding tert-OH is 1. The Morgan fingerprint density at radius 3 is 2.40 bits per heavy atom. The van der Waals surface area contributed by atoms with E-state index < -0.39 is 71.5 Å². The number of carbonyl (C=O) groups excluding carboxylic acids is 3. The number of likely N-dealkylation sites (N-methyl/N-ethyl adjacent to an activating group) is 1. The summed E-state index contributed by atoms with van der Waals surface area (Å²) in [6, 6.07) is 8.76. The summed E-state index contributed by atoms with van der Waals surface area (Å²) < 4.78 is 33.1. The molecule has 15 nitrogen and oxygen atoms in total. The number of hydrogen-bond donors (Lipinski definition) is 2. The predicted octanol–water partition coefficient (Wildman–Crippen LogP) is 4.19. The second-order valence-corrected chi connectivity index (χ2v) is 16.2. The first kappa shape index (κ1) is 42.4. The number of amides is 1. The number of nitrogens with zero attached hydrogens (tertiary/aromatic N) is 5. The maximum atomic E-state index is 14.4.